The van der Waals surface area contributed by atoms with Crippen molar-refractivity contribution in [2.24, 2.45) is 0 Å². The standard InChI is InChI=1S/C15H21N3O/c1-9-4-10(2)14(11(3)5-9)13-8-18(15(19)17-13)12-6-16-7-12/h4-5,12-13,16H,6-8H2,1-3H3,(H,17,19). The van der Waals surface area contributed by atoms with E-state index in [0.717, 1.165) is 19.6 Å². The van der Waals surface area contributed by atoms with Crippen LogP contribution in [0.2, 0.25) is 0 Å². The fourth-order valence-electron chi connectivity index (χ4n) is 3.27. The predicted octanol–water partition coefficient (Wildman–Crippen LogP) is 1.65. The van der Waals surface area contributed by atoms with Crippen LogP contribution in [0.25, 0.3) is 0 Å². The molecule has 1 unspecified atom stereocenters. The smallest absolute Gasteiger partial charge is 0.318 e. The minimum absolute atomic E-state index is 0.0795. The second kappa shape index (κ2) is 4.53. The molecule has 2 heterocycles. The molecule has 2 fully saturated rings. The Balaban J connectivity index is 1.86. The molecular weight excluding hydrogens is 238 g/mol. The Morgan fingerprint density at radius 1 is 1.16 bits per heavy atom. The number of urea groups is 1. The van der Waals surface area contributed by atoms with Gasteiger partial charge in [0.05, 0.1) is 12.1 Å². The van der Waals surface area contributed by atoms with E-state index in [1.807, 2.05) is 4.90 Å². The van der Waals surface area contributed by atoms with Crippen molar-refractivity contribution in [3.63, 3.8) is 0 Å². The number of rotatable bonds is 2. The maximum absolute atomic E-state index is 12.1. The van der Waals surface area contributed by atoms with Crippen LogP contribution in [0.4, 0.5) is 4.79 Å². The number of hydrogen-bond donors (Lipinski definition) is 2. The lowest BCUT2D eigenvalue weighted by atomic mass is 9.94. The van der Waals surface area contributed by atoms with Crippen LogP contribution < -0.4 is 10.6 Å². The number of benzene rings is 1. The molecule has 3 rings (SSSR count). The van der Waals surface area contributed by atoms with Gasteiger partial charge in [-0.1, -0.05) is 17.7 Å². The first-order valence-electron chi connectivity index (χ1n) is 6.92. The molecule has 102 valence electrons. The number of nitrogens with zero attached hydrogens (tertiary/aromatic N) is 1. The van der Waals surface area contributed by atoms with Gasteiger partial charge >= 0.3 is 6.03 Å². The molecular formula is C15H21N3O. The largest absolute Gasteiger partial charge is 0.329 e. The van der Waals surface area contributed by atoms with E-state index in [1.165, 1.54) is 22.3 Å². The SMILES string of the molecule is Cc1cc(C)c(C2CN(C3CNC3)C(=O)N2)c(C)c1. The van der Waals surface area contributed by atoms with Gasteiger partial charge in [0.25, 0.3) is 0 Å². The normalized spacial score (nSPS) is 23.4. The van der Waals surface area contributed by atoms with Crippen LogP contribution >= 0.6 is 0 Å². The Bertz CT molecular complexity index is 499. The van der Waals surface area contributed by atoms with Gasteiger partial charge in [0.1, 0.15) is 0 Å². The molecule has 0 saturated carbocycles. The van der Waals surface area contributed by atoms with Crippen molar-refractivity contribution in [2.45, 2.75) is 32.9 Å². The number of carbonyl (C=O) groups is 1. The monoisotopic (exact) mass is 259 g/mol. The van der Waals surface area contributed by atoms with Crippen molar-refractivity contribution < 1.29 is 4.79 Å². The average molecular weight is 259 g/mol. The van der Waals surface area contributed by atoms with Gasteiger partial charge < -0.3 is 15.5 Å². The molecule has 0 spiro atoms. The van der Waals surface area contributed by atoms with Gasteiger partial charge in [-0.25, -0.2) is 4.79 Å². The fourth-order valence-corrected chi connectivity index (χ4v) is 3.27. The molecule has 0 radical (unpaired) electrons. The van der Waals surface area contributed by atoms with Gasteiger partial charge in [-0.05, 0) is 37.5 Å². The van der Waals surface area contributed by atoms with Crippen LogP contribution in [0.5, 0.6) is 0 Å². The van der Waals surface area contributed by atoms with Crippen molar-refractivity contribution in [2.75, 3.05) is 19.6 Å². The summed E-state index contributed by atoms with van der Waals surface area (Å²) in [6.45, 7) is 9.02. The van der Waals surface area contributed by atoms with E-state index in [-0.39, 0.29) is 12.1 Å². The van der Waals surface area contributed by atoms with E-state index >= 15 is 0 Å². The number of aryl methyl sites for hydroxylation is 3. The topological polar surface area (TPSA) is 44.4 Å². The molecule has 19 heavy (non-hydrogen) atoms. The summed E-state index contributed by atoms with van der Waals surface area (Å²) in [6, 6.07) is 4.98. The maximum Gasteiger partial charge on any atom is 0.318 e. The van der Waals surface area contributed by atoms with Crippen molar-refractivity contribution in [3.8, 4) is 0 Å². The molecule has 2 aliphatic rings. The Morgan fingerprint density at radius 3 is 2.32 bits per heavy atom. The van der Waals surface area contributed by atoms with Crippen LogP contribution in [0.15, 0.2) is 12.1 Å². The Labute approximate surface area is 114 Å². The number of hydrogen-bond acceptors (Lipinski definition) is 2. The lowest BCUT2D eigenvalue weighted by molar-refractivity contribution is 0.172. The van der Waals surface area contributed by atoms with Crippen LogP contribution in [0.1, 0.15) is 28.3 Å². The first kappa shape index (κ1) is 12.5. The Hall–Kier alpha value is -1.55. The number of carbonyl (C=O) groups excluding carboxylic acids is 1. The van der Waals surface area contributed by atoms with Crippen molar-refractivity contribution in [1.82, 2.24) is 15.5 Å². The Kier molecular flexibility index (Phi) is 2.97. The molecule has 4 heteroatoms. The lowest BCUT2D eigenvalue weighted by Crippen LogP contribution is -2.57. The zero-order chi connectivity index (χ0) is 13.6. The van der Waals surface area contributed by atoms with Gasteiger partial charge in [-0.15, -0.1) is 0 Å². The third-order valence-corrected chi connectivity index (χ3v) is 4.23. The number of nitrogens with one attached hydrogen (secondary N) is 2. The Morgan fingerprint density at radius 2 is 1.79 bits per heavy atom. The van der Waals surface area contributed by atoms with Crippen LogP contribution in [-0.2, 0) is 0 Å². The van der Waals surface area contributed by atoms with Gasteiger partial charge in [0.15, 0.2) is 0 Å². The molecule has 2 amide bonds. The first-order valence-corrected chi connectivity index (χ1v) is 6.92. The summed E-state index contributed by atoms with van der Waals surface area (Å²) in [5.74, 6) is 0. The molecule has 0 aromatic heterocycles. The summed E-state index contributed by atoms with van der Waals surface area (Å²) in [5.41, 5.74) is 5.12. The molecule has 2 N–H and O–H groups in total. The minimum atomic E-state index is 0.0795. The van der Waals surface area contributed by atoms with Gasteiger partial charge in [-0.2, -0.15) is 0 Å². The van der Waals surface area contributed by atoms with E-state index in [4.69, 9.17) is 0 Å². The van der Waals surface area contributed by atoms with Crippen LogP contribution in [0, 0.1) is 20.8 Å². The molecule has 1 aromatic rings. The van der Waals surface area contributed by atoms with Gasteiger partial charge in [-0.3, -0.25) is 0 Å². The highest BCUT2D eigenvalue weighted by Crippen LogP contribution is 2.28. The molecule has 0 aliphatic carbocycles. The third-order valence-electron chi connectivity index (χ3n) is 4.23. The fraction of sp³-hybridized carbons (Fsp3) is 0.533. The highest BCUT2D eigenvalue weighted by Gasteiger charge is 2.37. The van der Waals surface area contributed by atoms with E-state index in [9.17, 15) is 4.79 Å². The van der Waals surface area contributed by atoms with E-state index in [0.29, 0.717) is 6.04 Å². The average Bonchev–Trinajstić information content (AvgIpc) is 2.56. The van der Waals surface area contributed by atoms with Crippen LogP contribution in [-0.4, -0.2) is 36.6 Å². The van der Waals surface area contributed by atoms with Crippen molar-refractivity contribution in [1.29, 1.82) is 0 Å². The number of amides is 2. The third kappa shape index (κ3) is 2.10. The highest BCUT2D eigenvalue weighted by molar-refractivity contribution is 5.78. The maximum atomic E-state index is 12.1. The second-order valence-electron chi connectivity index (χ2n) is 5.78. The van der Waals surface area contributed by atoms with Crippen molar-refractivity contribution in [3.05, 3.63) is 34.4 Å². The van der Waals surface area contributed by atoms with Gasteiger partial charge in [0, 0.05) is 19.6 Å². The van der Waals surface area contributed by atoms with E-state index in [2.05, 4.69) is 43.5 Å². The molecule has 4 nitrogen and oxygen atoms in total. The lowest BCUT2D eigenvalue weighted by Gasteiger charge is -2.34. The second-order valence-corrected chi connectivity index (χ2v) is 5.78. The zero-order valence-corrected chi connectivity index (χ0v) is 11.8. The summed E-state index contributed by atoms with van der Waals surface area (Å²) >= 11 is 0. The zero-order valence-electron chi connectivity index (χ0n) is 11.8. The van der Waals surface area contributed by atoms with E-state index in [1.54, 1.807) is 0 Å². The molecule has 2 saturated heterocycles. The molecule has 0 bridgehead atoms. The molecule has 1 aromatic carbocycles. The summed E-state index contributed by atoms with van der Waals surface area (Å²) in [7, 11) is 0. The first-order chi connectivity index (χ1) is 9.06. The summed E-state index contributed by atoms with van der Waals surface area (Å²) < 4.78 is 0. The highest BCUT2D eigenvalue weighted by atomic mass is 16.2. The minimum Gasteiger partial charge on any atom is -0.329 e. The summed E-state index contributed by atoms with van der Waals surface area (Å²) in [4.78, 5) is 14.0. The summed E-state index contributed by atoms with van der Waals surface area (Å²) in [5, 5.41) is 6.35. The molecule has 1 atom stereocenters. The van der Waals surface area contributed by atoms with Crippen LogP contribution in [0.3, 0.4) is 0 Å². The van der Waals surface area contributed by atoms with Gasteiger partial charge in [0.2, 0.25) is 0 Å². The van der Waals surface area contributed by atoms with Crippen molar-refractivity contribution >= 4 is 6.03 Å². The predicted molar refractivity (Wildman–Crippen MR) is 75.3 cm³/mol. The quantitative estimate of drug-likeness (QED) is 0.848. The molecule has 2 aliphatic heterocycles. The summed E-state index contributed by atoms with van der Waals surface area (Å²) in [6.07, 6.45) is 0. The van der Waals surface area contributed by atoms with E-state index < -0.39 is 0 Å².